The van der Waals surface area contributed by atoms with E-state index in [-0.39, 0.29) is 31.3 Å². The van der Waals surface area contributed by atoms with Gasteiger partial charge in [0.05, 0.1) is 6.42 Å². The molecular formula is C20H21NO5. The van der Waals surface area contributed by atoms with Crippen molar-refractivity contribution in [2.45, 2.75) is 26.4 Å². The summed E-state index contributed by atoms with van der Waals surface area (Å²) in [7, 11) is 0. The number of fused-ring (bicyclic) bond motifs is 1. The molecule has 0 aliphatic heterocycles. The molecule has 6 nitrogen and oxygen atoms in total. The number of ketones is 1. The predicted octanol–water partition coefficient (Wildman–Crippen LogP) is 3.39. The molecule has 0 saturated heterocycles. The lowest BCUT2D eigenvalue weighted by atomic mass is 9.88. The minimum absolute atomic E-state index is 0.0774. The first-order chi connectivity index (χ1) is 12.5. The van der Waals surface area contributed by atoms with Crippen molar-refractivity contribution < 1.29 is 19.2 Å². The van der Waals surface area contributed by atoms with E-state index in [2.05, 4.69) is 0 Å². The summed E-state index contributed by atoms with van der Waals surface area (Å²) in [6.45, 7) is 1.66. The molecule has 6 heteroatoms. The summed E-state index contributed by atoms with van der Waals surface area (Å²) in [5, 5.41) is 12.9. The molecule has 1 aliphatic rings. The Balaban J connectivity index is 1.64. The fraction of sp³-hybridized carbons (Fsp3) is 0.400. The number of nitro groups is 1. The number of hydrogen-bond donors (Lipinski definition) is 0. The molecule has 1 aliphatic carbocycles. The van der Waals surface area contributed by atoms with Gasteiger partial charge < -0.3 is 4.74 Å². The van der Waals surface area contributed by atoms with Gasteiger partial charge in [-0.05, 0) is 22.3 Å². The summed E-state index contributed by atoms with van der Waals surface area (Å²) in [4.78, 5) is 34.8. The standard InChI is InChI=1S/C20H21NO5/c1-13-9-19(22)17(18(13)11-21(24)25)10-20(23)26-12-15-7-4-6-14-5-2-3-8-16(14)15/h2-8,13,17-18H,9-12H2,1H3/t13-,17+,18+/m0/s1. The first-order valence-electron chi connectivity index (χ1n) is 8.72. The molecule has 136 valence electrons. The molecular weight excluding hydrogens is 334 g/mol. The zero-order valence-electron chi connectivity index (χ0n) is 14.6. The van der Waals surface area contributed by atoms with Gasteiger partial charge in [-0.25, -0.2) is 0 Å². The van der Waals surface area contributed by atoms with Crippen LogP contribution in [-0.2, 0) is 20.9 Å². The monoisotopic (exact) mass is 355 g/mol. The number of rotatable bonds is 6. The Bertz CT molecular complexity index is 842. The van der Waals surface area contributed by atoms with E-state index in [4.69, 9.17) is 4.74 Å². The maximum atomic E-state index is 12.2. The van der Waals surface area contributed by atoms with Gasteiger partial charge in [-0.15, -0.1) is 0 Å². The second-order valence-corrected chi connectivity index (χ2v) is 6.94. The van der Waals surface area contributed by atoms with Crippen LogP contribution in [0.5, 0.6) is 0 Å². The van der Waals surface area contributed by atoms with E-state index in [1.807, 2.05) is 49.4 Å². The number of esters is 1. The molecule has 0 bridgehead atoms. The lowest BCUT2D eigenvalue weighted by molar-refractivity contribution is -0.490. The van der Waals surface area contributed by atoms with Crippen LogP contribution in [-0.4, -0.2) is 23.2 Å². The van der Waals surface area contributed by atoms with Gasteiger partial charge in [0.15, 0.2) is 0 Å². The molecule has 0 radical (unpaired) electrons. The number of carbonyl (C=O) groups is 2. The minimum atomic E-state index is -0.615. The highest BCUT2D eigenvalue weighted by Gasteiger charge is 2.44. The lowest BCUT2D eigenvalue weighted by Gasteiger charge is -2.17. The van der Waals surface area contributed by atoms with Gasteiger partial charge in [0.25, 0.3) is 0 Å². The molecule has 2 aromatic rings. The molecule has 1 saturated carbocycles. The average Bonchev–Trinajstić information content (AvgIpc) is 2.86. The zero-order valence-corrected chi connectivity index (χ0v) is 14.6. The van der Waals surface area contributed by atoms with Crippen molar-refractivity contribution in [2.75, 3.05) is 6.54 Å². The molecule has 1 fully saturated rings. The second-order valence-electron chi connectivity index (χ2n) is 6.94. The SMILES string of the molecule is C[C@H]1CC(=O)[C@H](CC(=O)OCc2cccc3ccccc23)[C@@H]1C[N+](=O)[O-]. The number of nitrogens with zero attached hydrogens (tertiary/aromatic N) is 1. The molecule has 0 aromatic heterocycles. The quantitative estimate of drug-likeness (QED) is 0.450. The summed E-state index contributed by atoms with van der Waals surface area (Å²) < 4.78 is 5.37. The van der Waals surface area contributed by atoms with E-state index in [9.17, 15) is 19.7 Å². The Morgan fingerprint density at radius 3 is 2.73 bits per heavy atom. The number of Topliss-reactive ketones (excluding diaryl/α,β-unsaturated/α-hetero) is 1. The molecule has 3 atom stereocenters. The number of ether oxygens (including phenoxy) is 1. The third-order valence-corrected chi connectivity index (χ3v) is 5.20. The van der Waals surface area contributed by atoms with Gasteiger partial charge in [0, 0.05) is 23.2 Å². The van der Waals surface area contributed by atoms with Crippen LogP contribution < -0.4 is 0 Å². The van der Waals surface area contributed by atoms with Crippen molar-refractivity contribution >= 4 is 22.5 Å². The molecule has 26 heavy (non-hydrogen) atoms. The number of hydrogen-bond acceptors (Lipinski definition) is 5. The van der Waals surface area contributed by atoms with Crippen molar-refractivity contribution in [1.82, 2.24) is 0 Å². The second kappa shape index (κ2) is 7.64. The van der Waals surface area contributed by atoms with Crippen LogP contribution in [0.4, 0.5) is 0 Å². The summed E-state index contributed by atoms with van der Waals surface area (Å²) in [5.41, 5.74) is 0.893. The van der Waals surface area contributed by atoms with Crippen molar-refractivity contribution in [2.24, 2.45) is 17.8 Å². The van der Waals surface area contributed by atoms with E-state index in [1.54, 1.807) is 0 Å². The lowest BCUT2D eigenvalue weighted by Crippen LogP contribution is -2.27. The van der Waals surface area contributed by atoms with Crippen LogP contribution in [0.3, 0.4) is 0 Å². The van der Waals surface area contributed by atoms with Gasteiger partial charge in [-0.1, -0.05) is 49.4 Å². The maximum absolute atomic E-state index is 12.2. The van der Waals surface area contributed by atoms with E-state index < -0.39 is 22.7 Å². The van der Waals surface area contributed by atoms with E-state index in [0.717, 1.165) is 16.3 Å². The summed E-state index contributed by atoms with van der Waals surface area (Å²) >= 11 is 0. The van der Waals surface area contributed by atoms with Gasteiger partial charge in [0.2, 0.25) is 6.54 Å². The Kier molecular flexibility index (Phi) is 5.30. The van der Waals surface area contributed by atoms with E-state index >= 15 is 0 Å². The fourth-order valence-corrected chi connectivity index (χ4v) is 3.82. The van der Waals surface area contributed by atoms with Gasteiger partial charge in [0.1, 0.15) is 12.4 Å². The summed E-state index contributed by atoms with van der Waals surface area (Å²) in [5.74, 6) is -1.66. The van der Waals surface area contributed by atoms with Crippen LogP contribution in [0, 0.1) is 27.9 Å². The van der Waals surface area contributed by atoms with Crippen molar-refractivity contribution in [1.29, 1.82) is 0 Å². The Hall–Kier alpha value is -2.76. The van der Waals surface area contributed by atoms with Crippen molar-refractivity contribution in [3.63, 3.8) is 0 Å². The number of benzene rings is 2. The Morgan fingerprint density at radius 2 is 1.96 bits per heavy atom. The molecule has 0 heterocycles. The Labute approximate surface area is 151 Å². The molecule has 0 spiro atoms. The van der Waals surface area contributed by atoms with Crippen LogP contribution in [0.1, 0.15) is 25.3 Å². The fourth-order valence-electron chi connectivity index (χ4n) is 3.82. The molecule has 3 rings (SSSR count). The van der Waals surface area contributed by atoms with Crippen molar-refractivity contribution in [3.05, 3.63) is 58.1 Å². The van der Waals surface area contributed by atoms with Crippen LogP contribution >= 0.6 is 0 Å². The highest BCUT2D eigenvalue weighted by molar-refractivity contribution is 5.88. The van der Waals surface area contributed by atoms with Crippen LogP contribution in [0.15, 0.2) is 42.5 Å². The highest BCUT2D eigenvalue weighted by Crippen LogP contribution is 2.36. The topological polar surface area (TPSA) is 86.5 Å². The molecule has 2 aromatic carbocycles. The van der Waals surface area contributed by atoms with Crippen LogP contribution in [0.25, 0.3) is 10.8 Å². The largest absolute Gasteiger partial charge is 0.461 e. The Morgan fingerprint density at radius 1 is 1.23 bits per heavy atom. The van der Waals surface area contributed by atoms with E-state index in [1.165, 1.54) is 0 Å². The first kappa shape index (κ1) is 18.0. The maximum Gasteiger partial charge on any atom is 0.306 e. The summed E-state index contributed by atoms with van der Waals surface area (Å²) in [6.07, 6.45) is 0.201. The molecule has 0 N–H and O–H groups in total. The van der Waals surface area contributed by atoms with Gasteiger partial charge in [-0.2, -0.15) is 0 Å². The number of carbonyl (C=O) groups excluding carboxylic acids is 2. The van der Waals surface area contributed by atoms with Gasteiger partial charge >= 0.3 is 5.97 Å². The highest BCUT2D eigenvalue weighted by atomic mass is 16.6. The van der Waals surface area contributed by atoms with Crippen LogP contribution in [0.2, 0.25) is 0 Å². The summed E-state index contributed by atoms with van der Waals surface area (Å²) in [6, 6.07) is 13.6. The minimum Gasteiger partial charge on any atom is -0.461 e. The third kappa shape index (κ3) is 3.90. The van der Waals surface area contributed by atoms with Crippen molar-refractivity contribution in [3.8, 4) is 0 Å². The zero-order chi connectivity index (χ0) is 18.7. The normalized spacial score (nSPS) is 22.5. The molecule has 0 amide bonds. The third-order valence-electron chi connectivity index (χ3n) is 5.20. The van der Waals surface area contributed by atoms with Gasteiger partial charge in [-0.3, -0.25) is 19.7 Å². The van der Waals surface area contributed by atoms with E-state index in [0.29, 0.717) is 6.42 Å². The smallest absolute Gasteiger partial charge is 0.306 e. The molecule has 0 unspecified atom stereocenters. The predicted molar refractivity (Wildman–Crippen MR) is 96.0 cm³/mol. The average molecular weight is 355 g/mol. The first-order valence-corrected chi connectivity index (χ1v) is 8.72.